The number of halogens is 1. The molecule has 1 aromatic carbocycles. The molecule has 0 bridgehead atoms. The fourth-order valence-electron chi connectivity index (χ4n) is 3.89. The largest absolute Gasteiger partial charge is 0.454 e. The van der Waals surface area contributed by atoms with Crippen molar-refractivity contribution in [3.8, 4) is 11.5 Å². The minimum absolute atomic E-state index is 0. The lowest BCUT2D eigenvalue weighted by molar-refractivity contribution is -0.132. The normalized spacial score (nSPS) is 19.3. The second-order valence-corrected chi connectivity index (χ2v) is 7.58. The summed E-state index contributed by atoms with van der Waals surface area (Å²) in [4.78, 5) is 30.9. The van der Waals surface area contributed by atoms with Gasteiger partial charge in [-0.1, -0.05) is 6.07 Å². The van der Waals surface area contributed by atoms with E-state index >= 15 is 0 Å². The van der Waals surface area contributed by atoms with E-state index in [0.717, 1.165) is 55.9 Å². The first-order valence-corrected chi connectivity index (χ1v) is 9.97. The molecule has 3 aliphatic heterocycles. The van der Waals surface area contributed by atoms with Gasteiger partial charge < -0.3 is 19.3 Å². The number of hydrogen-bond donors (Lipinski definition) is 0. The molecule has 8 heteroatoms. The van der Waals surface area contributed by atoms with E-state index in [2.05, 4.69) is 4.90 Å². The Morgan fingerprint density at radius 2 is 1.66 bits per heavy atom. The minimum atomic E-state index is 0. The van der Waals surface area contributed by atoms with Gasteiger partial charge >= 0.3 is 0 Å². The van der Waals surface area contributed by atoms with Crippen LogP contribution in [-0.4, -0.2) is 79.1 Å². The van der Waals surface area contributed by atoms with Crippen LogP contribution in [0.3, 0.4) is 0 Å². The van der Waals surface area contributed by atoms with Gasteiger partial charge in [0.05, 0.1) is 6.54 Å². The number of ether oxygens (including phenoxy) is 2. The maximum atomic E-state index is 12.7. The Labute approximate surface area is 177 Å². The number of rotatable bonds is 4. The maximum absolute atomic E-state index is 12.7. The Balaban J connectivity index is 0.00000240. The quantitative estimate of drug-likeness (QED) is 0.696. The molecule has 0 spiro atoms. The summed E-state index contributed by atoms with van der Waals surface area (Å²) in [5.41, 5.74) is 1.85. The van der Waals surface area contributed by atoms with E-state index < -0.39 is 0 Å². The summed E-state index contributed by atoms with van der Waals surface area (Å²) in [6.07, 6.45) is 3.91. The number of amides is 2. The molecule has 158 valence electrons. The minimum Gasteiger partial charge on any atom is -0.454 e. The topological polar surface area (TPSA) is 62.3 Å². The molecule has 7 nitrogen and oxygen atoms in total. The molecule has 1 aromatic rings. The molecule has 0 saturated carbocycles. The number of fused-ring (bicyclic) bond motifs is 1. The molecule has 0 radical (unpaired) electrons. The summed E-state index contributed by atoms with van der Waals surface area (Å²) < 4.78 is 10.7. The van der Waals surface area contributed by atoms with Gasteiger partial charge in [-0.25, -0.2) is 0 Å². The van der Waals surface area contributed by atoms with Crippen molar-refractivity contribution in [2.45, 2.75) is 19.8 Å². The van der Waals surface area contributed by atoms with E-state index in [1.807, 2.05) is 34.9 Å². The maximum Gasteiger partial charge on any atom is 0.246 e. The molecule has 4 rings (SSSR count). The van der Waals surface area contributed by atoms with E-state index in [9.17, 15) is 9.59 Å². The zero-order valence-corrected chi connectivity index (χ0v) is 17.6. The van der Waals surface area contributed by atoms with Crippen LogP contribution < -0.4 is 9.47 Å². The van der Waals surface area contributed by atoms with Crippen molar-refractivity contribution in [3.05, 3.63) is 29.8 Å². The Kier molecular flexibility index (Phi) is 7.03. The predicted octanol–water partition coefficient (Wildman–Crippen LogP) is 2.01. The van der Waals surface area contributed by atoms with E-state index in [0.29, 0.717) is 25.4 Å². The van der Waals surface area contributed by atoms with Crippen molar-refractivity contribution in [1.82, 2.24) is 14.7 Å². The van der Waals surface area contributed by atoms with Crippen LogP contribution in [-0.2, 0) is 9.59 Å². The molecule has 2 fully saturated rings. The van der Waals surface area contributed by atoms with Gasteiger partial charge in [0, 0.05) is 45.3 Å². The molecule has 2 saturated heterocycles. The van der Waals surface area contributed by atoms with Crippen LogP contribution >= 0.6 is 12.4 Å². The highest BCUT2D eigenvalue weighted by Gasteiger charge is 2.25. The second-order valence-electron chi connectivity index (χ2n) is 7.58. The summed E-state index contributed by atoms with van der Waals surface area (Å²) in [6.45, 7) is 7.19. The van der Waals surface area contributed by atoms with Crippen LogP contribution in [0.15, 0.2) is 24.3 Å². The lowest BCUT2D eigenvalue weighted by Crippen LogP contribution is -2.51. The van der Waals surface area contributed by atoms with Gasteiger partial charge in [0.1, 0.15) is 0 Å². The number of likely N-dealkylation sites (tertiary alicyclic amines) is 1. The number of allylic oxidation sites excluding steroid dienone is 1. The van der Waals surface area contributed by atoms with Crippen LogP contribution in [0.2, 0.25) is 0 Å². The third-order valence-electron chi connectivity index (χ3n) is 5.67. The number of carbonyl (C=O) groups excluding carboxylic acids is 2. The number of piperazine rings is 1. The van der Waals surface area contributed by atoms with Crippen molar-refractivity contribution in [2.24, 2.45) is 0 Å². The Hall–Kier alpha value is -2.25. The third-order valence-corrected chi connectivity index (χ3v) is 5.67. The highest BCUT2D eigenvalue weighted by Crippen LogP contribution is 2.34. The molecule has 2 amide bonds. The second kappa shape index (κ2) is 9.50. The summed E-state index contributed by atoms with van der Waals surface area (Å²) in [7, 11) is 0. The average Bonchev–Trinajstić information content (AvgIpc) is 3.39. The van der Waals surface area contributed by atoms with E-state index in [-0.39, 0.29) is 31.0 Å². The first kappa shape index (κ1) is 21.5. The lowest BCUT2D eigenvalue weighted by Gasteiger charge is -2.34. The van der Waals surface area contributed by atoms with Gasteiger partial charge in [-0.2, -0.15) is 0 Å². The van der Waals surface area contributed by atoms with Gasteiger partial charge in [0.15, 0.2) is 11.5 Å². The molecule has 0 atom stereocenters. The lowest BCUT2D eigenvalue weighted by atomic mass is 10.1. The van der Waals surface area contributed by atoms with Gasteiger partial charge in [-0.3, -0.25) is 14.5 Å². The zero-order chi connectivity index (χ0) is 19.5. The van der Waals surface area contributed by atoms with Crippen LogP contribution in [0.25, 0.3) is 5.57 Å². The SMILES string of the molecule is C/C(=C\C(=O)N1CCN(CC(=O)N2CCCC2)CC1)c1ccc2c(c1)OCO2.Cl. The molecule has 0 aromatic heterocycles. The number of nitrogens with zero attached hydrogens (tertiary/aromatic N) is 3. The van der Waals surface area contributed by atoms with Gasteiger partial charge in [0.2, 0.25) is 18.6 Å². The molecule has 0 N–H and O–H groups in total. The Bertz CT molecular complexity index is 784. The van der Waals surface area contributed by atoms with E-state index in [1.54, 1.807) is 6.08 Å². The molecule has 3 aliphatic rings. The molecule has 0 aliphatic carbocycles. The molecule has 0 unspecified atom stereocenters. The smallest absolute Gasteiger partial charge is 0.246 e. The van der Waals surface area contributed by atoms with Crippen molar-refractivity contribution in [2.75, 3.05) is 52.6 Å². The number of benzene rings is 1. The highest BCUT2D eigenvalue weighted by atomic mass is 35.5. The summed E-state index contributed by atoms with van der Waals surface area (Å²) in [6, 6.07) is 5.72. The van der Waals surface area contributed by atoms with Crippen molar-refractivity contribution < 1.29 is 19.1 Å². The van der Waals surface area contributed by atoms with Gasteiger partial charge in [0.25, 0.3) is 0 Å². The summed E-state index contributed by atoms with van der Waals surface area (Å²) in [5.74, 6) is 1.69. The van der Waals surface area contributed by atoms with Gasteiger partial charge in [-0.15, -0.1) is 12.4 Å². The fraction of sp³-hybridized carbons (Fsp3) is 0.524. The van der Waals surface area contributed by atoms with Crippen LogP contribution in [0, 0.1) is 0 Å². The zero-order valence-electron chi connectivity index (χ0n) is 16.8. The first-order chi connectivity index (χ1) is 13.6. The van der Waals surface area contributed by atoms with Crippen LogP contribution in [0.1, 0.15) is 25.3 Å². The standard InChI is InChI=1S/C21H27N3O4.ClH/c1-16(17-4-5-18-19(13-17)28-15-27-18)12-20(25)24-10-8-22(9-11-24)14-21(26)23-6-2-3-7-23;/h4-5,12-13H,2-3,6-11,14-15H2,1H3;1H/b16-12+;. The fourth-order valence-corrected chi connectivity index (χ4v) is 3.89. The van der Waals surface area contributed by atoms with Gasteiger partial charge in [-0.05, 0) is 43.0 Å². The molecular formula is C21H28ClN3O4. The van der Waals surface area contributed by atoms with E-state index in [4.69, 9.17) is 9.47 Å². The van der Waals surface area contributed by atoms with E-state index in [1.165, 1.54) is 0 Å². The summed E-state index contributed by atoms with van der Waals surface area (Å²) in [5, 5.41) is 0. The van der Waals surface area contributed by atoms with Crippen molar-refractivity contribution in [3.63, 3.8) is 0 Å². The Morgan fingerprint density at radius 1 is 0.966 bits per heavy atom. The predicted molar refractivity (Wildman–Crippen MR) is 112 cm³/mol. The first-order valence-electron chi connectivity index (χ1n) is 9.97. The van der Waals surface area contributed by atoms with Crippen LogP contribution in [0.5, 0.6) is 11.5 Å². The molecular weight excluding hydrogens is 394 g/mol. The molecule has 29 heavy (non-hydrogen) atoms. The van der Waals surface area contributed by atoms with Crippen LogP contribution in [0.4, 0.5) is 0 Å². The highest BCUT2D eigenvalue weighted by molar-refractivity contribution is 5.95. The Morgan fingerprint density at radius 3 is 2.38 bits per heavy atom. The molecule has 3 heterocycles. The average molecular weight is 422 g/mol. The third kappa shape index (κ3) is 5.03. The number of carbonyl (C=O) groups is 2. The summed E-state index contributed by atoms with van der Waals surface area (Å²) >= 11 is 0. The van der Waals surface area contributed by atoms with Crippen molar-refractivity contribution >= 4 is 29.8 Å². The monoisotopic (exact) mass is 421 g/mol. The number of hydrogen-bond acceptors (Lipinski definition) is 5. The van der Waals surface area contributed by atoms with Crippen molar-refractivity contribution in [1.29, 1.82) is 0 Å².